The van der Waals surface area contributed by atoms with Gasteiger partial charge in [0.2, 0.25) is 5.91 Å². The molecule has 0 aliphatic rings. The Balaban J connectivity index is 1.07. The molecule has 0 unspecified atom stereocenters. The van der Waals surface area contributed by atoms with Crippen LogP contribution in [0, 0.1) is 0 Å². The Kier molecular flexibility index (Phi) is 13.4. The average Bonchev–Trinajstić information content (AvgIpc) is 3.24. The molecule has 0 radical (unpaired) electrons. The highest BCUT2D eigenvalue weighted by atomic mass is 32.2. The van der Waals surface area contributed by atoms with Crippen molar-refractivity contribution in [3.05, 3.63) is 150 Å². The van der Waals surface area contributed by atoms with Gasteiger partial charge >= 0.3 is 5.97 Å². The molecule has 6 aromatic carbocycles. The number of sulfonamides is 1. The standard InChI is InChI=1S/C45H41N3O9S/c1-55-28-29-57-27-5-10-41(49)48-58(53,54)40-9-4-7-34-6-3-8-39(42(34)40)47-44(51)36-19-13-31(14-20-36)33-23-25-38(26-24-33)46-43(50)35-17-11-30(12-18-35)32-15-21-37(22-16-32)45(52)56-2/h3-4,6-9,11-26H,5,10,27-29H2,1-2H3,(H,46,50)(H,47,51)(H,48,49). The van der Waals surface area contributed by atoms with Gasteiger partial charge in [0, 0.05) is 42.3 Å². The maximum Gasteiger partial charge on any atom is 0.337 e. The molecule has 0 spiro atoms. The van der Waals surface area contributed by atoms with Crippen LogP contribution < -0.4 is 15.4 Å². The predicted molar refractivity (Wildman–Crippen MR) is 222 cm³/mol. The summed E-state index contributed by atoms with van der Waals surface area (Å²) in [6.45, 7) is 1.08. The largest absolute Gasteiger partial charge is 0.465 e. The zero-order valence-corrected chi connectivity index (χ0v) is 32.6. The van der Waals surface area contributed by atoms with E-state index in [0.717, 1.165) is 22.3 Å². The normalized spacial score (nSPS) is 11.1. The van der Waals surface area contributed by atoms with Crippen molar-refractivity contribution in [2.75, 3.05) is 44.7 Å². The second-order valence-electron chi connectivity index (χ2n) is 13.1. The van der Waals surface area contributed by atoms with Gasteiger partial charge in [-0.1, -0.05) is 72.8 Å². The summed E-state index contributed by atoms with van der Waals surface area (Å²) in [5.41, 5.74) is 5.63. The minimum atomic E-state index is -4.28. The average molecular weight is 800 g/mol. The van der Waals surface area contributed by atoms with Crippen LogP contribution in [0.2, 0.25) is 0 Å². The molecule has 3 N–H and O–H groups in total. The smallest absolute Gasteiger partial charge is 0.337 e. The molecule has 6 rings (SSSR count). The van der Waals surface area contributed by atoms with Crippen molar-refractivity contribution in [1.82, 2.24) is 4.72 Å². The van der Waals surface area contributed by atoms with Crippen molar-refractivity contribution < 1.29 is 41.8 Å². The van der Waals surface area contributed by atoms with Gasteiger partial charge in [-0.3, -0.25) is 14.4 Å². The molecule has 3 amide bonds. The molecule has 58 heavy (non-hydrogen) atoms. The fourth-order valence-electron chi connectivity index (χ4n) is 6.16. The van der Waals surface area contributed by atoms with Crippen LogP contribution in [-0.4, -0.2) is 66.1 Å². The van der Waals surface area contributed by atoms with E-state index in [2.05, 4.69) is 15.4 Å². The number of rotatable bonds is 16. The van der Waals surface area contributed by atoms with Crippen LogP contribution in [0.1, 0.15) is 43.9 Å². The van der Waals surface area contributed by atoms with Crippen LogP contribution >= 0.6 is 0 Å². The van der Waals surface area contributed by atoms with E-state index in [4.69, 9.17) is 14.2 Å². The van der Waals surface area contributed by atoms with Gasteiger partial charge in [0.15, 0.2) is 0 Å². The quantitative estimate of drug-likeness (QED) is 0.0657. The lowest BCUT2D eigenvalue weighted by atomic mass is 10.0. The van der Waals surface area contributed by atoms with Crippen molar-refractivity contribution in [1.29, 1.82) is 0 Å². The van der Waals surface area contributed by atoms with E-state index in [1.54, 1.807) is 98.1 Å². The van der Waals surface area contributed by atoms with Crippen LogP contribution in [0.15, 0.2) is 138 Å². The van der Waals surface area contributed by atoms with Crippen molar-refractivity contribution in [2.24, 2.45) is 0 Å². The van der Waals surface area contributed by atoms with Gasteiger partial charge in [-0.25, -0.2) is 17.9 Å². The number of amides is 3. The number of hydrogen-bond acceptors (Lipinski definition) is 9. The molecule has 0 saturated heterocycles. The number of anilines is 2. The van der Waals surface area contributed by atoms with E-state index in [1.165, 1.54) is 13.2 Å². The predicted octanol–water partition coefficient (Wildman–Crippen LogP) is 7.71. The molecule has 0 heterocycles. The Morgan fingerprint density at radius 2 is 1.09 bits per heavy atom. The maximum atomic E-state index is 13.5. The summed E-state index contributed by atoms with van der Waals surface area (Å²) in [6, 6.07) is 38.1. The number of carbonyl (C=O) groups is 4. The first-order chi connectivity index (χ1) is 28.1. The molecule has 0 aromatic heterocycles. The monoisotopic (exact) mass is 799 g/mol. The van der Waals surface area contributed by atoms with Crippen molar-refractivity contribution in [2.45, 2.75) is 17.7 Å². The van der Waals surface area contributed by atoms with E-state index in [9.17, 15) is 27.6 Å². The van der Waals surface area contributed by atoms with Crippen molar-refractivity contribution in [3.8, 4) is 22.3 Å². The number of nitrogens with one attached hydrogen (secondary N) is 3. The minimum Gasteiger partial charge on any atom is -0.465 e. The van der Waals surface area contributed by atoms with Gasteiger partial charge in [-0.2, -0.15) is 0 Å². The SMILES string of the molecule is COCCOCCCC(=O)NS(=O)(=O)c1cccc2cccc(NC(=O)c3ccc(-c4ccc(NC(=O)c5ccc(-c6ccc(C(=O)OC)cc6)cc5)cc4)cc3)c12. The summed E-state index contributed by atoms with van der Waals surface area (Å²) in [5, 5.41) is 6.59. The minimum absolute atomic E-state index is 0.0488. The van der Waals surface area contributed by atoms with E-state index in [1.807, 2.05) is 36.4 Å². The number of carbonyl (C=O) groups excluding carboxylic acids is 4. The van der Waals surface area contributed by atoms with Crippen molar-refractivity contribution >= 4 is 55.9 Å². The van der Waals surface area contributed by atoms with Crippen LogP contribution in [0.3, 0.4) is 0 Å². The van der Waals surface area contributed by atoms with E-state index >= 15 is 0 Å². The Morgan fingerprint density at radius 1 is 0.569 bits per heavy atom. The Hall–Kier alpha value is -6.67. The molecule has 0 saturated carbocycles. The summed E-state index contributed by atoms with van der Waals surface area (Å²) >= 11 is 0. The first-order valence-electron chi connectivity index (χ1n) is 18.3. The number of benzene rings is 6. The summed E-state index contributed by atoms with van der Waals surface area (Å²) in [5.74, 6) is -1.80. The van der Waals surface area contributed by atoms with Crippen LogP contribution in [0.25, 0.3) is 33.0 Å². The number of fused-ring (bicyclic) bond motifs is 1. The molecule has 0 aliphatic heterocycles. The molecule has 0 bridgehead atoms. The lowest BCUT2D eigenvalue weighted by molar-refractivity contribution is -0.119. The Bertz CT molecular complexity index is 2520. The number of methoxy groups -OCH3 is 2. The molecule has 0 fully saturated rings. The van der Waals surface area contributed by atoms with Gasteiger partial charge in [0.25, 0.3) is 21.8 Å². The molecule has 6 aromatic rings. The molecule has 296 valence electrons. The third kappa shape index (κ3) is 10.2. The second kappa shape index (κ2) is 19.0. The number of ether oxygens (including phenoxy) is 3. The summed E-state index contributed by atoms with van der Waals surface area (Å²) in [4.78, 5) is 50.6. The molecule has 13 heteroatoms. The lowest BCUT2D eigenvalue weighted by Crippen LogP contribution is -2.30. The van der Waals surface area contributed by atoms with Crippen LogP contribution in [0.5, 0.6) is 0 Å². The second-order valence-corrected chi connectivity index (χ2v) is 14.8. The van der Waals surface area contributed by atoms with Gasteiger partial charge in [0.05, 0.1) is 36.5 Å². The molecule has 12 nitrogen and oxygen atoms in total. The zero-order valence-electron chi connectivity index (χ0n) is 31.8. The molecular weight excluding hydrogens is 759 g/mol. The van der Waals surface area contributed by atoms with Crippen LogP contribution in [0.4, 0.5) is 11.4 Å². The van der Waals surface area contributed by atoms with Gasteiger partial charge in [-0.05, 0) is 94.7 Å². The zero-order chi connectivity index (χ0) is 41.1. The molecular formula is C45H41N3O9S. The van der Waals surface area contributed by atoms with Gasteiger partial charge in [-0.15, -0.1) is 0 Å². The fourth-order valence-corrected chi connectivity index (χ4v) is 7.42. The summed E-state index contributed by atoms with van der Waals surface area (Å²) in [6.07, 6.45) is 0.286. The van der Waals surface area contributed by atoms with Crippen LogP contribution in [-0.2, 0) is 29.0 Å². The van der Waals surface area contributed by atoms with Gasteiger partial charge in [0.1, 0.15) is 0 Å². The first kappa shape index (κ1) is 41.0. The Morgan fingerprint density at radius 3 is 1.64 bits per heavy atom. The maximum absolute atomic E-state index is 13.5. The summed E-state index contributed by atoms with van der Waals surface area (Å²) < 4.78 is 44.0. The molecule has 0 atom stereocenters. The third-order valence-electron chi connectivity index (χ3n) is 9.19. The topological polar surface area (TPSA) is 166 Å². The highest BCUT2D eigenvalue weighted by Gasteiger charge is 2.23. The highest BCUT2D eigenvalue weighted by molar-refractivity contribution is 7.90. The lowest BCUT2D eigenvalue weighted by Gasteiger charge is -2.14. The Labute approximate surface area is 336 Å². The molecule has 0 aliphatic carbocycles. The fraction of sp³-hybridized carbons (Fsp3) is 0.156. The first-order valence-corrected chi connectivity index (χ1v) is 19.8. The third-order valence-corrected chi connectivity index (χ3v) is 10.6. The van der Waals surface area contributed by atoms with Crippen molar-refractivity contribution in [3.63, 3.8) is 0 Å². The van der Waals surface area contributed by atoms with E-state index < -0.39 is 27.8 Å². The highest BCUT2D eigenvalue weighted by Crippen LogP contribution is 2.31. The summed E-state index contributed by atoms with van der Waals surface area (Å²) in [7, 11) is -1.39. The van der Waals surface area contributed by atoms with Gasteiger partial charge < -0.3 is 24.8 Å². The number of hydrogen-bond donors (Lipinski definition) is 3. The number of esters is 1. The van der Waals surface area contributed by atoms with E-state index in [-0.39, 0.29) is 34.9 Å². The van der Waals surface area contributed by atoms with E-state index in [0.29, 0.717) is 47.4 Å².